The quantitative estimate of drug-likeness (QED) is 0.501. The second-order valence-electron chi connectivity index (χ2n) is 5.40. The lowest BCUT2D eigenvalue weighted by atomic mass is 10.2. The van der Waals surface area contributed by atoms with Crippen LogP contribution in [0.1, 0.15) is 13.0 Å². The second kappa shape index (κ2) is 7.43. The van der Waals surface area contributed by atoms with Crippen LogP contribution in [0, 0.1) is 0 Å². The van der Waals surface area contributed by atoms with E-state index in [0.717, 1.165) is 9.84 Å². The van der Waals surface area contributed by atoms with E-state index in [4.69, 9.17) is 0 Å². The number of amides is 1. The van der Waals surface area contributed by atoms with Crippen molar-refractivity contribution in [3.8, 4) is 0 Å². The van der Waals surface area contributed by atoms with Crippen LogP contribution < -0.4 is 10.9 Å². The van der Waals surface area contributed by atoms with Crippen molar-refractivity contribution < 1.29 is 4.79 Å². The molecule has 0 bridgehead atoms. The monoisotopic (exact) mass is 359 g/mol. The van der Waals surface area contributed by atoms with Crippen molar-refractivity contribution >= 4 is 28.6 Å². The Hall–Kier alpha value is -2.75. The highest BCUT2D eigenvalue weighted by Gasteiger charge is 2.18. The van der Waals surface area contributed by atoms with E-state index in [2.05, 4.69) is 25.8 Å². The predicted molar refractivity (Wildman–Crippen MR) is 93.2 cm³/mol. The Balaban J connectivity index is 1.61. The van der Waals surface area contributed by atoms with E-state index in [1.807, 2.05) is 7.05 Å². The van der Waals surface area contributed by atoms with Gasteiger partial charge in [-0.2, -0.15) is 4.68 Å². The summed E-state index contributed by atoms with van der Waals surface area (Å²) in [6, 6.07) is 6.17. The highest BCUT2D eigenvalue weighted by molar-refractivity contribution is 7.99. The van der Waals surface area contributed by atoms with Crippen molar-refractivity contribution in [3.63, 3.8) is 0 Å². The Kier molecular flexibility index (Phi) is 5.08. The van der Waals surface area contributed by atoms with Crippen LogP contribution in [-0.4, -0.2) is 48.0 Å². The van der Waals surface area contributed by atoms with E-state index in [9.17, 15) is 9.59 Å². The van der Waals surface area contributed by atoms with Gasteiger partial charge in [0.25, 0.3) is 5.56 Å². The van der Waals surface area contributed by atoms with Crippen LogP contribution in [0.15, 0.2) is 40.5 Å². The Morgan fingerprint density at radius 2 is 2.12 bits per heavy atom. The molecule has 1 N–H and O–H groups in total. The minimum atomic E-state index is -0.746. The van der Waals surface area contributed by atoms with Crippen LogP contribution >= 0.6 is 11.8 Å². The van der Waals surface area contributed by atoms with Crippen LogP contribution in [0.5, 0.6) is 0 Å². The Morgan fingerprint density at radius 3 is 2.88 bits per heavy atom. The van der Waals surface area contributed by atoms with Gasteiger partial charge in [-0.1, -0.05) is 29.1 Å². The summed E-state index contributed by atoms with van der Waals surface area (Å²) in [6.45, 7) is 2.06. The number of nitrogens with zero attached hydrogens (tertiary/aromatic N) is 6. The number of benzene rings is 1. The number of rotatable bonds is 6. The number of aromatic nitrogens is 6. The molecule has 0 aliphatic heterocycles. The molecule has 0 saturated carbocycles. The Bertz CT molecular complexity index is 952. The lowest BCUT2D eigenvalue weighted by Gasteiger charge is -2.13. The number of thioether (sulfide) groups is 1. The molecule has 10 heteroatoms. The topological polar surface area (TPSA) is 108 Å². The molecule has 1 aromatic carbocycles. The standard InChI is InChI=1S/C15H17N7O2S/c1-10(13(23)16-7-8-25-15-19-17-9-21(15)2)22-14(24)11-5-3-4-6-12(11)18-20-22/h3-6,9-10H,7-8H2,1-2H3,(H,16,23)/t10-/m1/s1. The first kappa shape index (κ1) is 17.1. The van der Waals surface area contributed by atoms with Crippen LogP contribution in [0.25, 0.3) is 10.9 Å². The molecule has 2 heterocycles. The minimum Gasteiger partial charge on any atom is -0.353 e. The molecule has 0 aliphatic carbocycles. The summed E-state index contributed by atoms with van der Waals surface area (Å²) in [6.07, 6.45) is 1.62. The lowest BCUT2D eigenvalue weighted by Crippen LogP contribution is -2.38. The van der Waals surface area contributed by atoms with E-state index in [1.165, 1.54) is 11.8 Å². The minimum absolute atomic E-state index is 0.287. The van der Waals surface area contributed by atoms with E-state index in [0.29, 0.717) is 23.2 Å². The fourth-order valence-electron chi connectivity index (χ4n) is 2.23. The molecule has 0 spiro atoms. The van der Waals surface area contributed by atoms with Crippen LogP contribution in [0.2, 0.25) is 0 Å². The van der Waals surface area contributed by atoms with Gasteiger partial charge in [0, 0.05) is 19.3 Å². The maximum Gasteiger partial charge on any atom is 0.278 e. The molecule has 0 saturated heterocycles. The maximum atomic E-state index is 12.5. The number of hydrogen-bond donors (Lipinski definition) is 1. The molecule has 130 valence electrons. The van der Waals surface area contributed by atoms with Gasteiger partial charge in [-0.15, -0.1) is 15.3 Å². The number of nitrogens with one attached hydrogen (secondary N) is 1. The third-order valence-corrected chi connectivity index (χ3v) is 4.68. The summed E-state index contributed by atoms with van der Waals surface area (Å²) < 4.78 is 2.91. The van der Waals surface area contributed by atoms with Gasteiger partial charge in [0.05, 0.1) is 5.39 Å². The second-order valence-corrected chi connectivity index (χ2v) is 6.46. The van der Waals surface area contributed by atoms with Crippen LogP contribution in [0.3, 0.4) is 0 Å². The zero-order valence-corrected chi connectivity index (χ0v) is 14.6. The number of hydrogen-bond acceptors (Lipinski definition) is 7. The molecule has 0 aliphatic rings. The maximum absolute atomic E-state index is 12.5. The SMILES string of the molecule is C[C@H](C(=O)NCCSc1nncn1C)n1nnc2ccccc2c1=O. The number of aryl methyl sites for hydroxylation is 1. The van der Waals surface area contributed by atoms with Gasteiger partial charge in [-0.05, 0) is 19.1 Å². The molecule has 3 rings (SSSR count). The Labute approximate surface area is 147 Å². The third-order valence-electron chi connectivity index (χ3n) is 3.64. The summed E-state index contributed by atoms with van der Waals surface area (Å²) in [5.74, 6) is 0.355. The van der Waals surface area contributed by atoms with Gasteiger partial charge in [-0.25, -0.2) is 0 Å². The fourth-order valence-corrected chi connectivity index (χ4v) is 2.98. The molecule has 3 aromatic rings. The summed E-state index contributed by atoms with van der Waals surface area (Å²) >= 11 is 1.49. The van der Waals surface area contributed by atoms with Crippen molar-refractivity contribution in [1.82, 2.24) is 35.1 Å². The van der Waals surface area contributed by atoms with Gasteiger partial charge in [0.2, 0.25) is 5.91 Å². The zero-order chi connectivity index (χ0) is 17.8. The summed E-state index contributed by atoms with van der Waals surface area (Å²) in [5, 5.41) is 19.6. The van der Waals surface area contributed by atoms with E-state index >= 15 is 0 Å². The number of carbonyl (C=O) groups is 1. The van der Waals surface area contributed by atoms with Crippen molar-refractivity contribution in [2.24, 2.45) is 7.05 Å². The first-order valence-electron chi connectivity index (χ1n) is 7.66. The molecule has 1 atom stereocenters. The van der Waals surface area contributed by atoms with Gasteiger partial charge in [-0.3, -0.25) is 9.59 Å². The van der Waals surface area contributed by atoms with Crippen LogP contribution in [0.4, 0.5) is 0 Å². The van der Waals surface area contributed by atoms with Crippen molar-refractivity contribution in [2.45, 2.75) is 18.1 Å². The summed E-state index contributed by atoms with van der Waals surface area (Å²) in [4.78, 5) is 24.7. The summed E-state index contributed by atoms with van der Waals surface area (Å²) in [7, 11) is 1.85. The van der Waals surface area contributed by atoms with Gasteiger partial charge in [0.15, 0.2) is 5.16 Å². The van der Waals surface area contributed by atoms with Gasteiger partial charge >= 0.3 is 0 Å². The molecule has 2 aromatic heterocycles. The van der Waals surface area contributed by atoms with E-state index < -0.39 is 6.04 Å². The lowest BCUT2D eigenvalue weighted by molar-refractivity contribution is -0.124. The van der Waals surface area contributed by atoms with Crippen LogP contribution in [-0.2, 0) is 11.8 Å². The molecule has 0 unspecified atom stereocenters. The normalized spacial score (nSPS) is 12.2. The van der Waals surface area contributed by atoms with Crippen molar-refractivity contribution in [2.75, 3.05) is 12.3 Å². The van der Waals surface area contributed by atoms with E-state index in [1.54, 1.807) is 42.1 Å². The largest absolute Gasteiger partial charge is 0.353 e. The van der Waals surface area contributed by atoms with Crippen molar-refractivity contribution in [1.29, 1.82) is 0 Å². The summed E-state index contributed by atoms with van der Waals surface area (Å²) in [5.41, 5.74) is 0.179. The zero-order valence-electron chi connectivity index (χ0n) is 13.8. The van der Waals surface area contributed by atoms with Gasteiger partial charge in [0.1, 0.15) is 17.9 Å². The van der Waals surface area contributed by atoms with Gasteiger partial charge < -0.3 is 9.88 Å². The van der Waals surface area contributed by atoms with Crippen molar-refractivity contribution in [3.05, 3.63) is 40.9 Å². The predicted octanol–water partition coefficient (Wildman–Crippen LogP) is 0.389. The van der Waals surface area contributed by atoms with E-state index in [-0.39, 0.29) is 11.5 Å². The highest BCUT2D eigenvalue weighted by Crippen LogP contribution is 2.12. The average Bonchev–Trinajstić information content (AvgIpc) is 3.03. The number of carbonyl (C=O) groups excluding carboxylic acids is 1. The molecule has 9 nitrogen and oxygen atoms in total. The smallest absolute Gasteiger partial charge is 0.278 e. The first-order valence-corrected chi connectivity index (χ1v) is 8.65. The third kappa shape index (κ3) is 3.68. The molecule has 1 amide bonds. The Morgan fingerprint density at radius 1 is 1.32 bits per heavy atom. The molecular formula is C15H17N7O2S. The molecular weight excluding hydrogens is 342 g/mol. The highest BCUT2D eigenvalue weighted by atomic mass is 32.2. The molecule has 0 fully saturated rings. The average molecular weight is 359 g/mol. The number of fused-ring (bicyclic) bond motifs is 1. The first-order chi connectivity index (χ1) is 12.1. The molecule has 0 radical (unpaired) electrons. The fraction of sp³-hybridized carbons (Fsp3) is 0.333. The molecule has 25 heavy (non-hydrogen) atoms.